The van der Waals surface area contributed by atoms with Gasteiger partial charge in [0.1, 0.15) is 0 Å². The number of nitrogens with zero attached hydrogens (tertiary/aromatic N) is 1. The molecule has 2 heteroatoms. The van der Waals surface area contributed by atoms with Gasteiger partial charge in [-0.2, -0.15) is 0 Å². The molecule has 15 heavy (non-hydrogen) atoms. The molecule has 1 aliphatic heterocycles. The smallest absolute Gasteiger partial charge is 0.00103 e. The van der Waals surface area contributed by atoms with Crippen molar-refractivity contribution in [1.82, 2.24) is 10.2 Å². The monoisotopic (exact) mass is 212 g/mol. The molecular weight excluding hydrogens is 184 g/mol. The molecule has 2 nitrogen and oxygen atoms in total. The molecule has 1 heterocycles. The van der Waals surface area contributed by atoms with E-state index in [1.54, 1.807) is 0 Å². The first-order chi connectivity index (χ1) is 7.18. The molecule has 90 valence electrons. The van der Waals surface area contributed by atoms with Gasteiger partial charge in [-0.3, -0.25) is 0 Å². The lowest BCUT2D eigenvalue weighted by molar-refractivity contribution is 0.181. The zero-order valence-electron chi connectivity index (χ0n) is 10.8. The van der Waals surface area contributed by atoms with Gasteiger partial charge in [0.05, 0.1) is 0 Å². The van der Waals surface area contributed by atoms with Crippen molar-refractivity contribution in [2.75, 3.05) is 26.2 Å². The zero-order chi connectivity index (χ0) is 11.1. The van der Waals surface area contributed by atoms with Crippen LogP contribution in [-0.4, -0.2) is 37.1 Å². The average molecular weight is 212 g/mol. The van der Waals surface area contributed by atoms with Crippen LogP contribution in [0.25, 0.3) is 0 Å². The minimum absolute atomic E-state index is 0.639. The summed E-state index contributed by atoms with van der Waals surface area (Å²) < 4.78 is 0. The highest BCUT2D eigenvalue weighted by Crippen LogP contribution is 2.15. The number of unbranched alkanes of at least 4 members (excludes halogenated alkanes) is 1. The molecule has 0 spiro atoms. The Morgan fingerprint density at radius 2 is 2.13 bits per heavy atom. The third-order valence-electron chi connectivity index (χ3n) is 3.19. The number of hydrogen-bond donors (Lipinski definition) is 1. The fraction of sp³-hybridized carbons (Fsp3) is 1.00. The molecule has 0 amide bonds. The molecule has 0 aromatic rings. The van der Waals surface area contributed by atoms with E-state index in [2.05, 4.69) is 31.0 Å². The van der Waals surface area contributed by atoms with Crippen LogP contribution in [0.1, 0.15) is 46.5 Å². The predicted molar refractivity (Wildman–Crippen MR) is 67.2 cm³/mol. The van der Waals surface area contributed by atoms with Crippen LogP contribution in [0.3, 0.4) is 0 Å². The maximum absolute atomic E-state index is 3.47. The summed E-state index contributed by atoms with van der Waals surface area (Å²) in [6.07, 6.45) is 5.52. The first-order valence-corrected chi connectivity index (χ1v) is 6.64. The summed E-state index contributed by atoms with van der Waals surface area (Å²) in [7, 11) is 0. The molecule has 0 radical (unpaired) electrons. The van der Waals surface area contributed by atoms with E-state index in [1.165, 1.54) is 51.9 Å². The third kappa shape index (κ3) is 6.16. The number of nitrogens with one attached hydrogen (secondary N) is 1. The van der Waals surface area contributed by atoms with Crippen LogP contribution < -0.4 is 5.32 Å². The van der Waals surface area contributed by atoms with Crippen molar-refractivity contribution in [1.29, 1.82) is 0 Å². The number of piperidine rings is 1. The first-order valence-electron chi connectivity index (χ1n) is 6.64. The van der Waals surface area contributed by atoms with Crippen molar-refractivity contribution in [3.63, 3.8) is 0 Å². The minimum atomic E-state index is 0.639. The quantitative estimate of drug-likeness (QED) is 0.681. The average Bonchev–Trinajstić information content (AvgIpc) is 2.17. The van der Waals surface area contributed by atoms with Gasteiger partial charge < -0.3 is 10.2 Å². The van der Waals surface area contributed by atoms with Crippen LogP contribution in [0.2, 0.25) is 0 Å². The summed E-state index contributed by atoms with van der Waals surface area (Å²) in [4.78, 5) is 2.64. The Morgan fingerprint density at radius 1 is 1.33 bits per heavy atom. The lowest BCUT2D eigenvalue weighted by Gasteiger charge is -2.30. The van der Waals surface area contributed by atoms with Gasteiger partial charge in [0, 0.05) is 12.6 Å². The second-order valence-electron chi connectivity index (χ2n) is 5.36. The highest BCUT2D eigenvalue weighted by Gasteiger charge is 2.14. The largest absolute Gasteiger partial charge is 0.315 e. The highest BCUT2D eigenvalue weighted by atomic mass is 15.1. The molecule has 1 aliphatic rings. The zero-order valence-corrected chi connectivity index (χ0v) is 10.8. The van der Waals surface area contributed by atoms with Gasteiger partial charge in [-0.25, -0.2) is 0 Å². The Labute approximate surface area is 95.4 Å². The molecular formula is C13H28N2. The van der Waals surface area contributed by atoms with Gasteiger partial charge in [-0.05, 0) is 51.2 Å². The van der Waals surface area contributed by atoms with Gasteiger partial charge in [0.15, 0.2) is 0 Å². The van der Waals surface area contributed by atoms with E-state index in [1.807, 2.05) is 0 Å². The van der Waals surface area contributed by atoms with Crippen molar-refractivity contribution in [2.45, 2.75) is 52.5 Å². The summed E-state index contributed by atoms with van der Waals surface area (Å²) in [5.41, 5.74) is 0. The van der Waals surface area contributed by atoms with Crippen LogP contribution in [0, 0.1) is 5.92 Å². The van der Waals surface area contributed by atoms with Crippen LogP contribution >= 0.6 is 0 Å². The Morgan fingerprint density at radius 3 is 2.80 bits per heavy atom. The number of likely N-dealkylation sites (tertiary alicyclic amines) is 1. The van der Waals surface area contributed by atoms with Crippen molar-refractivity contribution in [3.8, 4) is 0 Å². The minimum Gasteiger partial charge on any atom is -0.315 e. The Hall–Kier alpha value is -0.0800. The van der Waals surface area contributed by atoms with Crippen LogP contribution in [0.5, 0.6) is 0 Å². The van der Waals surface area contributed by atoms with E-state index in [0.29, 0.717) is 6.04 Å². The van der Waals surface area contributed by atoms with Crippen molar-refractivity contribution in [3.05, 3.63) is 0 Å². The maximum Gasteiger partial charge on any atom is 0.00103 e. The topological polar surface area (TPSA) is 15.3 Å². The van der Waals surface area contributed by atoms with E-state index in [9.17, 15) is 0 Å². The molecule has 1 atom stereocenters. The highest BCUT2D eigenvalue weighted by molar-refractivity contribution is 4.69. The maximum atomic E-state index is 3.47. The van der Waals surface area contributed by atoms with Crippen molar-refractivity contribution < 1.29 is 0 Å². The molecule has 1 unspecified atom stereocenters. The SMILES string of the molecule is CC1CCCN(CCCCNC(C)C)C1. The molecule has 1 saturated heterocycles. The van der Waals surface area contributed by atoms with E-state index in [4.69, 9.17) is 0 Å². The molecule has 0 saturated carbocycles. The summed E-state index contributed by atoms with van der Waals surface area (Å²) in [5.74, 6) is 0.924. The van der Waals surface area contributed by atoms with Gasteiger partial charge in [-0.15, -0.1) is 0 Å². The predicted octanol–water partition coefficient (Wildman–Crippen LogP) is 2.50. The van der Waals surface area contributed by atoms with E-state index in [0.717, 1.165) is 5.92 Å². The first kappa shape index (κ1) is 13.0. The molecule has 0 bridgehead atoms. The lowest BCUT2D eigenvalue weighted by atomic mass is 10.0. The molecule has 0 aromatic heterocycles. The molecule has 1 N–H and O–H groups in total. The van der Waals surface area contributed by atoms with Crippen molar-refractivity contribution >= 4 is 0 Å². The normalized spacial score (nSPS) is 23.6. The lowest BCUT2D eigenvalue weighted by Crippen LogP contribution is -2.35. The Bertz CT molecular complexity index is 157. The second-order valence-corrected chi connectivity index (χ2v) is 5.36. The van der Waals surface area contributed by atoms with E-state index >= 15 is 0 Å². The summed E-state index contributed by atoms with van der Waals surface area (Å²) in [5, 5.41) is 3.47. The molecule has 0 aromatic carbocycles. The van der Waals surface area contributed by atoms with E-state index < -0.39 is 0 Å². The van der Waals surface area contributed by atoms with Gasteiger partial charge in [0.25, 0.3) is 0 Å². The Balaban J connectivity index is 1.95. The summed E-state index contributed by atoms with van der Waals surface area (Å²) in [6.45, 7) is 12.0. The summed E-state index contributed by atoms with van der Waals surface area (Å²) >= 11 is 0. The standard InChI is InChI=1S/C13H28N2/c1-12(2)14-8-4-5-9-15-10-6-7-13(3)11-15/h12-14H,4-11H2,1-3H3. The molecule has 1 fully saturated rings. The van der Waals surface area contributed by atoms with Crippen molar-refractivity contribution in [2.24, 2.45) is 5.92 Å². The van der Waals surface area contributed by atoms with Gasteiger partial charge in [0.2, 0.25) is 0 Å². The Kier molecular flexibility index (Phi) is 6.26. The number of hydrogen-bond acceptors (Lipinski definition) is 2. The second kappa shape index (κ2) is 7.24. The van der Waals surface area contributed by atoms with Gasteiger partial charge in [-0.1, -0.05) is 20.8 Å². The fourth-order valence-corrected chi connectivity index (χ4v) is 2.34. The van der Waals surface area contributed by atoms with Crippen LogP contribution in [0.4, 0.5) is 0 Å². The van der Waals surface area contributed by atoms with Crippen LogP contribution in [-0.2, 0) is 0 Å². The third-order valence-corrected chi connectivity index (χ3v) is 3.19. The fourth-order valence-electron chi connectivity index (χ4n) is 2.34. The van der Waals surface area contributed by atoms with Gasteiger partial charge >= 0.3 is 0 Å². The molecule has 0 aliphatic carbocycles. The molecule has 1 rings (SSSR count). The van der Waals surface area contributed by atoms with E-state index in [-0.39, 0.29) is 0 Å². The number of rotatable bonds is 6. The summed E-state index contributed by atoms with van der Waals surface area (Å²) in [6, 6.07) is 0.639. The van der Waals surface area contributed by atoms with Crippen LogP contribution in [0.15, 0.2) is 0 Å².